The molecule has 0 fully saturated rings. The van der Waals surface area contributed by atoms with Crippen molar-refractivity contribution in [3.8, 4) is 16.9 Å². The van der Waals surface area contributed by atoms with Crippen molar-refractivity contribution < 1.29 is 14.6 Å². The van der Waals surface area contributed by atoms with Gasteiger partial charge in [-0.25, -0.2) is 4.79 Å². The van der Waals surface area contributed by atoms with Gasteiger partial charge in [-0.2, -0.15) is 0 Å². The van der Waals surface area contributed by atoms with E-state index in [-0.39, 0.29) is 6.10 Å². The van der Waals surface area contributed by atoms with Gasteiger partial charge in [0.2, 0.25) is 0 Å². The molecule has 0 saturated heterocycles. The van der Waals surface area contributed by atoms with Gasteiger partial charge in [-0.15, -0.1) is 0 Å². The summed E-state index contributed by atoms with van der Waals surface area (Å²) in [5.74, 6) is -0.114. The monoisotopic (exact) mass is 270 g/mol. The topological polar surface area (TPSA) is 46.5 Å². The van der Waals surface area contributed by atoms with Crippen molar-refractivity contribution in [1.29, 1.82) is 0 Å². The van der Waals surface area contributed by atoms with E-state index < -0.39 is 5.97 Å². The van der Waals surface area contributed by atoms with Crippen LogP contribution in [-0.2, 0) is 0 Å². The fourth-order valence-corrected chi connectivity index (χ4v) is 2.19. The van der Waals surface area contributed by atoms with Crippen LogP contribution in [0.4, 0.5) is 0 Å². The highest BCUT2D eigenvalue weighted by atomic mass is 16.5. The van der Waals surface area contributed by atoms with E-state index in [9.17, 15) is 9.90 Å². The number of ether oxygens (including phenoxy) is 1. The minimum atomic E-state index is -0.904. The zero-order chi connectivity index (χ0) is 14.7. The number of rotatable bonds is 4. The normalized spacial score (nSPS) is 10.6. The fraction of sp³-hybridized carbons (Fsp3) is 0.235. The highest BCUT2D eigenvalue weighted by molar-refractivity contribution is 5.92. The van der Waals surface area contributed by atoms with E-state index in [1.54, 1.807) is 12.1 Å². The zero-order valence-corrected chi connectivity index (χ0v) is 11.9. The molecule has 3 nitrogen and oxygen atoms in total. The van der Waals surface area contributed by atoms with Gasteiger partial charge in [0.25, 0.3) is 0 Å². The predicted molar refractivity (Wildman–Crippen MR) is 79.3 cm³/mol. The Kier molecular flexibility index (Phi) is 4.08. The van der Waals surface area contributed by atoms with Gasteiger partial charge in [-0.05, 0) is 55.7 Å². The van der Waals surface area contributed by atoms with Crippen LogP contribution >= 0.6 is 0 Å². The molecule has 0 amide bonds. The Labute approximate surface area is 118 Å². The number of hydrogen-bond donors (Lipinski definition) is 1. The molecule has 2 rings (SSSR count). The molecule has 0 bridgehead atoms. The molecule has 20 heavy (non-hydrogen) atoms. The summed E-state index contributed by atoms with van der Waals surface area (Å²) in [6.07, 6.45) is 0.108. The van der Waals surface area contributed by atoms with Crippen molar-refractivity contribution in [3.05, 3.63) is 53.6 Å². The van der Waals surface area contributed by atoms with Crippen LogP contribution in [-0.4, -0.2) is 17.2 Å². The van der Waals surface area contributed by atoms with Crippen LogP contribution in [0, 0.1) is 6.92 Å². The lowest BCUT2D eigenvalue weighted by Gasteiger charge is -2.13. The lowest BCUT2D eigenvalue weighted by Crippen LogP contribution is -2.05. The molecule has 1 N–H and O–H groups in total. The van der Waals surface area contributed by atoms with Crippen LogP contribution in [0.3, 0.4) is 0 Å². The standard InChI is InChI=1S/C17H18O3/c1-11(2)20-14-7-4-6-13(10-14)15-8-5-9-16(12(15)3)17(18)19/h4-11H,1-3H3,(H,18,19). The van der Waals surface area contributed by atoms with E-state index in [1.807, 2.05) is 51.1 Å². The minimum Gasteiger partial charge on any atom is -0.491 e. The summed E-state index contributed by atoms with van der Waals surface area (Å²) >= 11 is 0. The number of carboxylic acid groups (broad SMARTS) is 1. The van der Waals surface area contributed by atoms with Crippen molar-refractivity contribution in [1.82, 2.24) is 0 Å². The summed E-state index contributed by atoms with van der Waals surface area (Å²) in [6.45, 7) is 5.78. The van der Waals surface area contributed by atoms with Crippen LogP contribution in [0.1, 0.15) is 29.8 Å². The summed E-state index contributed by atoms with van der Waals surface area (Å²) in [5.41, 5.74) is 2.97. The van der Waals surface area contributed by atoms with Gasteiger partial charge in [0.1, 0.15) is 5.75 Å². The van der Waals surface area contributed by atoms with Crippen LogP contribution < -0.4 is 4.74 Å². The van der Waals surface area contributed by atoms with Crippen molar-refractivity contribution in [2.45, 2.75) is 26.9 Å². The Hall–Kier alpha value is -2.29. The molecule has 0 aliphatic carbocycles. The molecule has 2 aromatic rings. The molecule has 0 aliphatic heterocycles. The fourth-order valence-electron chi connectivity index (χ4n) is 2.19. The molecule has 0 heterocycles. The van der Waals surface area contributed by atoms with E-state index >= 15 is 0 Å². The van der Waals surface area contributed by atoms with Crippen LogP contribution in [0.15, 0.2) is 42.5 Å². The Morgan fingerprint density at radius 2 is 1.85 bits per heavy atom. The van der Waals surface area contributed by atoms with E-state index in [1.165, 1.54) is 0 Å². The summed E-state index contributed by atoms with van der Waals surface area (Å²) in [5, 5.41) is 9.19. The second-order valence-corrected chi connectivity index (χ2v) is 4.98. The molecule has 0 radical (unpaired) electrons. The Morgan fingerprint density at radius 1 is 1.15 bits per heavy atom. The highest BCUT2D eigenvalue weighted by Gasteiger charge is 2.11. The maximum Gasteiger partial charge on any atom is 0.335 e. The largest absolute Gasteiger partial charge is 0.491 e. The summed E-state index contributed by atoms with van der Waals surface area (Å²) in [6, 6.07) is 13.0. The maximum absolute atomic E-state index is 11.2. The lowest BCUT2D eigenvalue weighted by molar-refractivity contribution is 0.0696. The van der Waals surface area contributed by atoms with Gasteiger partial charge in [-0.3, -0.25) is 0 Å². The number of hydrogen-bond acceptors (Lipinski definition) is 2. The molecule has 0 unspecified atom stereocenters. The molecule has 2 aromatic carbocycles. The molecule has 3 heteroatoms. The Balaban J connectivity index is 2.46. The van der Waals surface area contributed by atoms with Gasteiger partial charge in [0.05, 0.1) is 11.7 Å². The first-order valence-electron chi connectivity index (χ1n) is 6.59. The van der Waals surface area contributed by atoms with E-state index in [0.717, 1.165) is 22.4 Å². The first kappa shape index (κ1) is 14.1. The van der Waals surface area contributed by atoms with E-state index in [2.05, 4.69) is 0 Å². The number of benzene rings is 2. The second-order valence-electron chi connectivity index (χ2n) is 4.98. The van der Waals surface area contributed by atoms with Crippen LogP contribution in [0.2, 0.25) is 0 Å². The third kappa shape index (κ3) is 2.99. The summed E-state index contributed by atoms with van der Waals surface area (Å²) in [7, 11) is 0. The smallest absolute Gasteiger partial charge is 0.335 e. The van der Waals surface area contributed by atoms with Gasteiger partial charge in [0, 0.05) is 0 Å². The average Bonchev–Trinajstić information content (AvgIpc) is 2.38. The second kappa shape index (κ2) is 5.78. The van der Waals surface area contributed by atoms with Gasteiger partial charge < -0.3 is 9.84 Å². The molecular formula is C17H18O3. The number of carbonyl (C=O) groups is 1. The van der Waals surface area contributed by atoms with E-state index in [0.29, 0.717) is 5.56 Å². The first-order chi connectivity index (χ1) is 9.49. The Bertz CT molecular complexity index is 630. The van der Waals surface area contributed by atoms with E-state index in [4.69, 9.17) is 4.74 Å². The maximum atomic E-state index is 11.2. The Morgan fingerprint density at radius 3 is 2.50 bits per heavy atom. The van der Waals surface area contributed by atoms with Crippen LogP contribution in [0.25, 0.3) is 11.1 Å². The predicted octanol–water partition coefficient (Wildman–Crippen LogP) is 4.15. The number of aromatic carboxylic acids is 1. The van der Waals surface area contributed by atoms with Crippen molar-refractivity contribution in [2.24, 2.45) is 0 Å². The third-order valence-electron chi connectivity index (χ3n) is 3.08. The quantitative estimate of drug-likeness (QED) is 0.907. The molecule has 104 valence electrons. The first-order valence-corrected chi connectivity index (χ1v) is 6.59. The number of carboxylic acids is 1. The van der Waals surface area contributed by atoms with Gasteiger partial charge in [-0.1, -0.05) is 24.3 Å². The highest BCUT2D eigenvalue weighted by Crippen LogP contribution is 2.28. The van der Waals surface area contributed by atoms with Crippen molar-refractivity contribution >= 4 is 5.97 Å². The summed E-state index contributed by atoms with van der Waals surface area (Å²) in [4.78, 5) is 11.2. The third-order valence-corrected chi connectivity index (χ3v) is 3.08. The molecule has 0 aliphatic rings. The molecule has 0 saturated carbocycles. The average molecular weight is 270 g/mol. The molecule has 0 spiro atoms. The lowest BCUT2D eigenvalue weighted by atomic mass is 9.96. The van der Waals surface area contributed by atoms with Crippen LogP contribution in [0.5, 0.6) is 5.75 Å². The molecular weight excluding hydrogens is 252 g/mol. The SMILES string of the molecule is Cc1c(C(=O)O)cccc1-c1cccc(OC(C)C)c1. The zero-order valence-electron chi connectivity index (χ0n) is 11.9. The van der Waals surface area contributed by atoms with Gasteiger partial charge in [0.15, 0.2) is 0 Å². The molecule has 0 aromatic heterocycles. The van der Waals surface area contributed by atoms with Crippen molar-refractivity contribution in [2.75, 3.05) is 0 Å². The minimum absolute atomic E-state index is 0.108. The molecule has 0 atom stereocenters. The van der Waals surface area contributed by atoms with Gasteiger partial charge >= 0.3 is 5.97 Å². The summed E-state index contributed by atoms with van der Waals surface area (Å²) < 4.78 is 5.68. The van der Waals surface area contributed by atoms with Crippen molar-refractivity contribution in [3.63, 3.8) is 0 Å².